The van der Waals surface area contributed by atoms with Crippen molar-refractivity contribution in [3.05, 3.63) is 18.3 Å². The second kappa shape index (κ2) is 4.62. The topological polar surface area (TPSA) is 54.8 Å². The predicted molar refractivity (Wildman–Crippen MR) is 65.3 cm³/mol. The molecule has 2 rings (SSSR count). The van der Waals surface area contributed by atoms with E-state index in [-0.39, 0.29) is 0 Å². The van der Waals surface area contributed by atoms with E-state index < -0.39 is 10.0 Å². The van der Waals surface area contributed by atoms with Crippen LogP contribution in [0.3, 0.4) is 0 Å². The third-order valence-electron chi connectivity index (χ3n) is 2.95. The first-order valence-corrected chi connectivity index (χ1v) is 7.15. The van der Waals surface area contributed by atoms with Crippen LogP contribution in [0.1, 0.15) is 12.8 Å². The number of H-pyrrole nitrogens is 1. The quantitative estimate of drug-likeness (QED) is 0.784. The van der Waals surface area contributed by atoms with Crippen LogP contribution in [0.5, 0.6) is 0 Å². The first kappa shape index (κ1) is 12.3. The van der Waals surface area contributed by atoms with Gasteiger partial charge in [0, 0.05) is 19.2 Å². The lowest BCUT2D eigenvalue weighted by atomic mass is 10.4. The molecular formula is C11H18N3O2S+. The van der Waals surface area contributed by atoms with E-state index in [1.54, 1.807) is 22.6 Å². The van der Waals surface area contributed by atoms with Crippen LogP contribution in [0.2, 0.25) is 0 Å². The van der Waals surface area contributed by atoms with E-state index in [0.717, 1.165) is 18.7 Å². The molecule has 2 heterocycles. The van der Waals surface area contributed by atoms with E-state index in [9.17, 15) is 8.42 Å². The zero-order valence-electron chi connectivity index (χ0n) is 10.2. The summed E-state index contributed by atoms with van der Waals surface area (Å²) in [5.74, 6) is 0.880. The molecule has 1 aromatic rings. The minimum Gasteiger partial charge on any atom is -0.267 e. The van der Waals surface area contributed by atoms with Gasteiger partial charge in [-0.05, 0) is 18.9 Å². The van der Waals surface area contributed by atoms with Crippen LogP contribution in [-0.4, -0.2) is 39.9 Å². The Morgan fingerprint density at radius 3 is 2.35 bits per heavy atom. The van der Waals surface area contributed by atoms with Crippen molar-refractivity contribution in [1.29, 1.82) is 0 Å². The van der Waals surface area contributed by atoms with Gasteiger partial charge in [0.2, 0.25) is 10.0 Å². The van der Waals surface area contributed by atoms with Gasteiger partial charge in [0.25, 0.3) is 5.82 Å². The Hall–Kier alpha value is -1.14. The summed E-state index contributed by atoms with van der Waals surface area (Å²) in [5, 5.41) is 0. The van der Waals surface area contributed by atoms with Crippen molar-refractivity contribution in [3.63, 3.8) is 0 Å². The molecule has 0 saturated carbocycles. The lowest BCUT2D eigenvalue weighted by molar-refractivity contribution is -0.366. The Morgan fingerprint density at radius 1 is 1.24 bits per heavy atom. The van der Waals surface area contributed by atoms with Crippen LogP contribution in [-0.2, 0) is 10.0 Å². The fourth-order valence-corrected chi connectivity index (χ4v) is 3.40. The molecule has 94 valence electrons. The monoisotopic (exact) mass is 256 g/mol. The number of hydrogen-bond acceptors (Lipinski definition) is 3. The molecule has 1 aromatic heterocycles. The predicted octanol–water partition coefficient (Wildman–Crippen LogP) is 0.351. The number of rotatable bonds is 3. The summed E-state index contributed by atoms with van der Waals surface area (Å²) < 4.78 is 26.0. The van der Waals surface area contributed by atoms with Crippen LogP contribution in [0.15, 0.2) is 23.2 Å². The van der Waals surface area contributed by atoms with Gasteiger partial charge in [-0.25, -0.2) is 13.4 Å². The summed E-state index contributed by atoms with van der Waals surface area (Å²) >= 11 is 0. The second-order valence-corrected chi connectivity index (χ2v) is 6.35. The fourth-order valence-electron chi connectivity index (χ4n) is 1.92. The lowest BCUT2D eigenvalue weighted by Crippen LogP contribution is -2.29. The van der Waals surface area contributed by atoms with Gasteiger partial charge in [-0.3, -0.25) is 4.90 Å². The first-order valence-electron chi connectivity index (χ1n) is 5.71. The average Bonchev–Trinajstić information content (AvgIpc) is 2.83. The molecule has 0 spiro atoms. The van der Waals surface area contributed by atoms with Crippen molar-refractivity contribution < 1.29 is 13.4 Å². The highest BCUT2D eigenvalue weighted by Gasteiger charge is 2.28. The molecule has 0 aromatic carbocycles. The van der Waals surface area contributed by atoms with Crippen molar-refractivity contribution in [2.45, 2.75) is 17.7 Å². The number of aromatic amines is 1. The normalized spacial score (nSPS) is 17.3. The number of hydrogen-bond donors (Lipinski definition) is 0. The molecule has 6 heteroatoms. The summed E-state index contributed by atoms with van der Waals surface area (Å²) in [7, 11) is 0.509. The van der Waals surface area contributed by atoms with E-state index in [1.165, 1.54) is 0 Å². The number of nitrogens with one attached hydrogen (secondary N) is 1. The van der Waals surface area contributed by atoms with E-state index in [1.807, 2.05) is 19.0 Å². The third-order valence-corrected chi connectivity index (χ3v) is 4.85. The molecule has 0 bridgehead atoms. The molecule has 0 unspecified atom stereocenters. The van der Waals surface area contributed by atoms with Crippen LogP contribution in [0.25, 0.3) is 0 Å². The van der Waals surface area contributed by atoms with Gasteiger partial charge in [-0.2, -0.15) is 4.31 Å². The summed E-state index contributed by atoms with van der Waals surface area (Å²) in [4.78, 5) is 5.22. The van der Waals surface area contributed by atoms with E-state index in [0.29, 0.717) is 18.0 Å². The Kier molecular flexibility index (Phi) is 3.35. The molecule has 0 radical (unpaired) electrons. The minimum atomic E-state index is -3.30. The number of anilines is 1. The molecule has 1 aliphatic rings. The third kappa shape index (κ3) is 2.42. The maximum atomic E-state index is 12.2. The second-order valence-electron chi connectivity index (χ2n) is 4.42. The van der Waals surface area contributed by atoms with E-state index >= 15 is 0 Å². The van der Waals surface area contributed by atoms with Gasteiger partial charge in [-0.1, -0.05) is 0 Å². The van der Waals surface area contributed by atoms with Crippen molar-refractivity contribution in [3.8, 4) is 0 Å². The largest absolute Gasteiger partial charge is 0.273 e. The number of nitrogens with zero attached hydrogens (tertiary/aromatic N) is 2. The van der Waals surface area contributed by atoms with Crippen LogP contribution < -0.4 is 9.88 Å². The van der Waals surface area contributed by atoms with Crippen molar-refractivity contribution in [2.24, 2.45) is 0 Å². The standard InChI is InChI=1S/C11H17N3O2S/c1-13(2)11-6-5-10(9-12-11)17(15,16)14-7-3-4-8-14/h5-6,9H,3-4,7-8H2,1-2H3/p+1. The van der Waals surface area contributed by atoms with E-state index in [4.69, 9.17) is 0 Å². The van der Waals surface area contributed by atoms with Gasteiger partial charge < -0.3 is 0 Å². The first-order chi connectivity index (χ1) is 8.01. The molecular weight excluding hydrogens is 238 g/mol. The molecule has 0 amide bonds. The number of aromatic nitrogens is 1. The minimum absolute atomic E-state index is 0.338. The van der Waals surface area contributed by atoms with Crippen LogP contribution in [0, 0.1) is 0 Å². The van der Waals surface area contributed by atoms with Gasteiger partial charge in [0.05, 0.1) is 14.1 Å². The molecule has 1 N–H and O–H groups in total. The number of pyridine rings is 1. The van der Waals surface area contributed by atoms with Gasteiger partial charge in [0.15, 0.2) is 0 Å². The Bertz CT molecular complexity index is 476. The van der Waals surface area contributed by atoms with Crippen molar-refractivity contribution >= 4 is 15.8 Å². The molecule has 5 nitrogen and oxygen atoms in total. The zero-order valence-corrected chi connectivity index (χ0v) is 11.0. The van der Waals surface area contributed by atoms with Gasteiger partial charge in [-0.15, -0.1) is 0 Å². The van der Waals surface area contributed by atoms with E-state index in [2.05, 4.69) is 4.98 Å². The molecule has 17 heavy (non-hydrogen) atoms. The average molecular weight is 256 g/mol. The Morgan fingerprint density at radius 2 is 1.88 bits per heavy atom. The van der Waals surface area contributed by atoms with Crippen molar-refractivity contribution in [1.82, 2.24) is 4.31 Å². The van der Waals surface area contributed by atoms with Gasteiger partial charge in [0.1, 0.15) is 11.1 Å². The van der Waals surface area contributed by atoms with Crippen molar-refractivity contribution in [2.75, 3.05) is 32.1 Å². The molecule has 1 fully saturated rings. The maximum absolute atomic E-state index is 12.2. The smallest absolute Gasteiger partial charge is 0.267 e. The highest BCUT2D eigenvalue weighted by atomic mass is 32.2. The number of sulfonamides is 1. The summed E-state index contributed by atoms with van der Waals surface area (Å²) in [6.07, 6.45) is 3.47. The summed E-state index contributed by atoms with van der Waals surface area (Å²) in [6.45, 7) is 1.27. The summed E-state index contributed by atoms with van der Waals surface area (Å²) in [5.41, 5.74) is 0. The maximum Gasteiger partial charge on any atom is 0.273 e. The SMILES string of the molecule is CN(C)c1ccc(S(=O)(=O)N2CCCC2)c[nH+]1. The summed E-state index contributed by atoms with van der Waals surface area (Å²) in [6, 6.07) is 3.43. The lowest BCUT2D eigenvalue weighted by Gasteiger charge is -2.14. The highest BCUT2D eigenvalue weighted by Crippen LogP contribution is 2.20. The molecule has 1 aliphatic heterocycles. The molecule has 0 atom stereocenters. The molecule has 0 aliphatic carbocycles. The Labute approximate surface area is 102 Å². The highest BCUT2D eigenvalue weighted by molar-refractivity contribution is 7.89. The van der Waals surface area contributed by atoms with Crippen LogP contribution >= 0.6 is 0 Å². The molecule has 1 saturated heterocycles. The van der Waals surface area contributed by atoms with Crippen LogP contribution in [0.4, 0.5) is 5.82 Å². The fraction of sp³-hybridized carbons (Fsp3) is 0.545. The Balaban J connectivity index is 2.27. The zero-order chi connectivity index (χ0) is 12.5. The van der Waals surface area contributed by atoms with Gasteiger partial charge >= 0.3 is 0 Å².